The molecule has 0 aliphatic carbocycles. The van der Waals surface area contributed by atoms with Gasteiger partial charge in [-0.25, -0.2) is 0 Å². The molecular formula is C13H15BO3. The van der Waals surface area contributed by atoms with Gasteiger partial charge in [-0.05, 0) is 36.7 Å². The Morgan fingerprint density at radius 3 is 2.41 bits per heavy atom. The van der Waals surface area contributed by atoms with Crippen LogP contribution in [0.1, 0.15) is 6.92 Å². The van der Waals surface area contributed by atoms with Crippen LogP contribution < -0.4 is 10.2 Å². The number of allylic oxidation sites excluding steroid dienone is 4. The highest BCUT2D eigenvalue weighted by Crippen LogP contribution is 2.13. The maximum absolute atomic E-state index is 8.94. The number of rotatable bonds is 5. The van der Waals surface area contributed by atoms with Gasteiger partial charge in [-0.2, -0.15) is 0 Å². The fourth-order valence-electron chi connectivity index (χ4n) is 1.25. The molecule has 0 saturated carbocycles. The second kappa shape index (κ2) is 6.73. The molecule has 0 fully saturated rings. The molecule has 0 saturated heterocycles. The van der Waals surface area contributed by atoms with Crippen molar-refractivity contribution in [3.63, 3.8) is 0 Å². The predicted molar refractivity (Wildman–Crippen MR) is 70.0 cm³/mol. The summed E-state index contributed by atoms with van der Waals surface area (Å²) in [4.78, 5) is 0. The maximum atomic E-state index is 8.94. The van der Waals surface area contributed by atoms with Crippen molar-refractivity contribution in [3.05, 3.63) is 60.9 Å². The standard InChI is InChI=1S/C13H15BO3/c1-3-5-12(6-4-2)17-13-9-7-11(8-10-13)14(15)16/h3-10,15-16H,1H2,2H3/b6-4-,12-5+. The van der Waals surface area contributed by atoms with Gasteiger partial charge < -0.3 is 14.8 Å². The highest BCUT2D eigenvalue weighted by Gasteiger charge is 2.09. The number of ether oxygens (including phenoxy) is 1. The zero-order valence-electron chi connectivity index (χ0n) is 9.71. The zero-order valence-corrected chi connectivity index (χ0v) is 9.71. The largest absolute Gasteiger partial charge is 0.488 e. The smallest absolute Gasteiger partial charge is 0.457 e. The molecule has 0 radical (unpaired) electrons. The van der Waals surface area contributed by atoms with Crippen LogP contribution in [0.4, 0.5) is 0 Å². The Labute approximate surface area is 102 Å². The van der Waals surface area contributed by atoms with E-state index >= 15 is 0 Å². The van der Waals surface area contributed by atoms with Gasteiger partial charge >= 0.3 is 7.12 Å². The van der Waals surface area contributed by atoms with Gasteiger partial charge in [0.25, 0.3) is 0 Å². The predicted octanol–water partition coefficient (Wildman–Crippen LogP) is 1.39. The van der Waals surface area contributed by atoms with Gasteiger partial charge in [0.05, 0.1) is 0 Å². The van der Waals surface area contributed by atoms with E-state index < -0.39 is 7.12 Å². The Morgan fingerprint density at radius 1 is 1.29 bits per heavy atom. The Bertz CT molecular complexity index is 419. The van der Waals surface area contributed by atoms with Crippen LogP contribution >= 0.6 is 0 Å². The first-order chi connectivity index (χ1) is 8.17. The first-order valence-electron chi connectivity index (χ1n) is 5.26. The van der Waals surface area contributed by atoms with E-state index in [0.717, 1.165) is 0 Å². The summed E-state index contributed by atoms with van der Waals surface area (Å²) in [5.41, 5.74) is 0.428. The van der Waals surface area contributed by atoms with Gasteiger partial charge in [0, 0.05) is 0 Å². The minimum absolute atomic E-state index is 0.428. The fraction of sp³-hybridized carbons (Fsp3) is 0.0769. The molecule has 88 valence electrons. The lowest BCUT2D eigenvalue weighted by Crippen LogP contribution is -2.29. The van der Waals surface area contributed by atoms with Crippen molar-refractivity contribution in [1.29, 1.82) is 0 Å². The lowest BCUT2D eigenvalue weighted by atomic mass is 9.80. The molecular weight excluding hydrogens is 215 g/mol. The van der Waals surface area contributed by atoms with Crippen molar-refractivity contribution in [3.8, 4) is 5.75 Å². The van der Waals surface area contributed by atoms with Crippen LogP contribution in [0.3, 0.4) is 0 Å². The summed E-state index contributed by atoms with van der Waals surface area (Å²) in [5.74, 6) is 1.29. The van der Waals surface area contributed by atoms with Gasteiger partial charge in [-0.1, -0.05) is 30.9 Å². The Morgan fingerprint density at radius 2 is 1.94 bits per heavy atom. The summed E-state index contributed by atoms with van der Waals surface area (Å²) in [5, 5.41) is 17.9. The van der Waals surface area contributed by atoms with Crippen LogP contribution in [0.5, 0.6) is 5.75 Å². The Kier molecular flexibility index (Phi) is 5.26. The molecule has 0 heterocycles. The molecule has 0 spiro atoms. The lowest BCUT2D eigenvalue weighted by molar-refractivity contribution is 0.425. The van der Waals surface area contributed by atoms with Crippen LogP contribution in [0, 0.1) is 0 Å². The lowest BCUT2D eigenvalue weighted by Gasteiger charge is -2.07. The van der Waals surface area contributed by atoms with Crippen LogP contribution in [0.2, 0.25) is 0 Å². The van der Waals surface area contributed by atoms with Crippen LogP contribution in [-0.4, -0.2) is 17.2 Å². The maximum Gasteiger partial charge on any atom is 0.488 e. The molecule has 4 heteroatoms. The monoisotopic (exact) mass is 230 g/mol. The number of hydrogen-bond donors (Lipinski definition) is 2. The average Bonchev–Trinajstić information content (AvgIpc) is 2.30. The minimum Gasteiger partial charge on any atom is -0.457 e. The summed E-state index contributed by atoms with van der Waals surface area (Å²) in [7, 11) is -1.46. The summed E-state index contributed by atoms with van der Waals surface area (Å²) >= 11 is 0. The van der Waals surface area contributed by atoms with Crippen molar-refractivity contribution >= 4 is 12.6 Å². The number of hydrogen-bond acceptors (Lipinski definition) is 3. The molecule has 0 aliphatic heterocycles. The van der Waals surface area contributed by atoms with Crippen molar-refractivity contribution in [1.82, 2.24) is 0 Å². The first-order valence-corrected chi connectivity index (χ1v) is 5.26. The van der Waals surface area contributed by atoms with E-state index in [4.69, 9.17) is 14.8 Å². The van der Waals surface area contributed by atoms with Gasteiger partial charge in [-0.15, -0.1) is 0 Å². The van der Waals surface area contributed by atoms with E-state index in [9.17, 15) is 0 Å². The van der Waals surface area contributed by atoms with Crippen LogP contribution in [-0.2, 0) is 0 Å². The van der Waals surface area contributed by atoms with E-state index in [1.54, 1.807) is 36.4 Å². The fourth-order valence-corrected chi connectivity index (χ4v) is 1.25. The van der Waals surface area contributed by atoms with Crippen molar-refractivity contribution in [2.45, 2.75) is 6.92 Å². The van der Waals surface area contributed by atoms with Crippen LogP contribution in [0.15, 0.2) is 60.9 Å². The molecule has 1 aromatic carbocycles. The highest BCUT2D eigenvalue weighted by atomic mass is 16.5. The van der Waals surface area contributed by atoms with Gasteiger partial charge in [0.2, 0.25) is 0 Å². The third kappa shape index (κ3) is 4.30. The SMILES string of the molecule is C=C/C=C(\C=C/C)Oc1ccc(B(O)O)cc1. The van der Waals surface area contributed by atoms with Crippen molar-refractivity contribution in [2.75, 3.05) is 0 Å². The Hall–Kier alpha value is -1.78. The van der Waals surface area contributed by atoms with E-state index in [-0.39, 0.29) is 0 Å². The van der Waals surface area contributed by atoms with E-state index in [2.05, 4.69) is 6.58 Å². The molecule has 0 amide bonds. The molecule has 0 bridgehead atoms. The topological polar surface area (TPSA) is 49.7 Å². The second-order valence-corrected chi connectivity index (χ2v) is 3.35. The molecule has 0 aromatic heterocycles. The van der Waals surface area contributed by atoms with Gasteiger partial charge in [0.15, 0.2) is 0 Å². The normalized spacial score (nSPS) is 11.6. The van der Waals surface area contributed by atoms with Gasteiger partial charge in [0.1, 0.15) is 11.5 Å². The first kappa shape index (κ1) is 13.3. The summed E-state index contributed by atoms with van der Waals surface area (Å²) < 4.78 is 5.57. The van der Waals surface area contributed by atoms with Crippen molar-refractivity contribution < 1.29 is 14.8 Å². The average molecular weight is 230 g/mol. The zero-order chi connectivity index (χ0) is 12.7. The second-order valence-electron chi connectivity index (χ2n) is 3.35. The minimum atomic E-state index is -1.46. The number of benzene rings is 1. The molecule has 1 rings (SSSR count). The van der Waals surface area contributed by atoms with E-state index in [0.29, 0.717) is 17.0 Å². The third-order valence-electron chi connectivity index (χ3n) is 2.03. The summed E-state index contributed by atoms with van der Waals surface area (Å²) in [6.07, 6.45) is 7.06. The summed E-state index contributed by atoms with van der Waals surface area (Å²) in [6.45, 7) is 5.50. The highest BCUT2D eigenvalue weighted by molar-refractivity contribution is 6.58. The molecule has 3 nitrogen and oxygen atoms in total. The quantitative estimate of drug-likeness (QED) is 0.456. The molecule has 0 atom stereocenters. The Balaban J connectivity index is 2.80. The van der Waals surface area contributed by atoms with Crippen LogP contribution in [0.25, 0.3) is 0 Å². The molecule has 0 unspecified atom stereocenters. The van der Waals surface area contributed by atoms with Crippen molar-refractivity contribution in [2.24, 2.45) is 0 Å². The van der Waals surface area contributed by atoms with E-state index in [1.807, 2.05) is 19.1 Å². The van der Waals surface area contributed by atoms with E-state index in [1.165, 1.54) is 0 Å². The molecule has 17 heavy (non-hydrogen) atoms. The van der Waals surface area contributed by atoms with Gasteiger partial charge in [-0.3, -0.25) is 0 Å². The third-order valence-corrected chi connectivity index (χ3v) is 2.03. The molecule has 1 aromatic rings. The summed E-state index contributed by atoms with van der Waals surface area (Å²) in [6, 6.07) is 6.55. The molecule has 0 aliphatic rings. The molecule has 2 N–H and O–H groups in total.